The van der Waals surface area contributed by atoms with Crippen LogP contribution in [0.5, 0.6) is 0 Å². The molecule has 0 saturated carbocycles. The van der Waals surface area contributed by atoms with Crippen molar-refractivity contribution < 1.29 is 14.0 Å². The van der Waals surface area contributed by atoms with E-state index in [-0.39, 0.29) is 11.8 Å². The van der Waals surface area contributed by atoms with Gasteiger partial charge in [-0.15, -0.1) is 0 Å². The molecular formula is C17H13NO3. The van der Waals surface area contributed by atoms with Gasteiger partial charge in [-0.3, -0.25) is 14.5 Å². The van der Waals surface area contributed by atoms with E-state index in [1.54, 1.807) is 6.07 Å². The number of hydrogen-bond donors (Lipinski definition) is 0. The van der Waals surface area contributed by atoms with Crippen molar-refractivity contribution in [3.05, 3.63) is 46.7 Å². The maximum absolute atomic E-state index is 12.4. The van der Waals surface area contributed by atoms with Gasteiger partial charge in [0.15, 0.2) is 0 Å². The van der Waals surface area contributed by atoms with Gasteiger partial charge in [0.05, 0.1) is 0 Å². The van der Waals surface area contributed by atoms with E-state index in [9.17, 15) is 9.59 Å². The lowest BCUT2D eigenvalue weighted by Gasteiger charge is -2.23. The molecule has 1 aliphatic heterocycles. The van der Waals surface area contributed by atoms with Gasteiger partial charge in [0.2, 0.25) is 0 Å². The summed E-state index contributed by atoms with van der Waals surface area (Å²) in [6.45, 7) is 3.88. The fourth-order valence-electron chi connectivity index (χ4n) is 3.07. The van der Waals surface area contributed by atoms with Crippen molar-refractivity contribution in [1.82, 2.24) is 4.90 Å². The van der Waals surface area contributed by atoms with Crippen LogP contribution in [0.2, 0.25) is 0 Å². The molecule has 0 spiro atoms. The van der Waals surface area contributed by atoms with Crippen molar-refractivity contribution in [2.24, 2.45) is 0 Å². The number of rotatable bonds is 0. The number of nitrogens with zero attached hydrogens (tertiary/aromatic N) is 1. The molecule has 2 amide bonds. The number of fused-ring (bicyclic) bond motifs is 2. The standard InChI is InChI=1S/C17H13NO3/c1-8-9(2)21-15-10-5-4-6-11-14(10)13(7-12(8)15)17(20)18(3)16(11)19/h4-7H,1-3H3. The zero-order valence-electron chi connectivity index (χ0n) is 12.0. The summed E-state index contributed by atoms with van der Waals surface area (Å²) in [6.07, 6.45) is 0. The lowest BCUT2D eigenvalue weighted by atomic mass is 9.92. The Morgan fingerprint density at radius 2 is 1.71 bits per heavy atom. The number of hydrogen-bond acceptors (Lipinski definition) is 3. The first kappa shape index (κ1) is 12.1. The molecule has 0 bridgehead atoms. The van der Waals surface area contributed by atoms with E-state index in [1.807, 2.05) is 32.0 Å². The van der Waals surface area contributed by atoms with Gasteiger partial charge in [0, 0.05) is 34.3 Å². The zero-order chi connectivity index (χ0) is 14.9. The predicted molar refractivity (Wildman–Crippen MR) is 79.6 cm³/mol. The minimum absolute atomic E-state index is 0.260. The Labute approximate surface area is 120 Å². The maximum atomic E-state index is 12.4. The highest BCUT2D eigenvalue weighted by molar-refractivity contribution is 6.28. The summed E-state index contributed by atoms with van der Waals surface area (Å²) in [5, 5.41) is 2.46. The van der Waals surface area contributed by atoms with Crippen LogP contribution < -0.4 is 0 Å². The number of furan rings is 1. The number of imide groups is 1. The molecule has 0 radical (unpaired) electrons. The van der Waals surface area contributed by atoms with Crippen LogP contribution >= 0.6 is 0 Å². The molecular weight excluding hydrogens is 266 g/mol. The summed E-state index contributed by atoms with van der Waals surface area (Å²) in [5.74, 6) is 0.307. The van der Waals surface area contributed by atoms with Gasteiger partial charge in [-0.1, -0.05) is 12.1 Å². The monoisotopic (exact) mass is 279 g/mol. The molecule has 2 heterocycles. The molecule has 0 aliphatic carbocycles. The third-order valence-electron chi connectivity index (χ3n) is 4.37. The summed E-state index contributed by atoms with van der Waals surface area (Å²) in [4.78, 5) is 25.9. The molecule has 0 atom stereocenters. The molecule has 0 unspecified atom stereocenters. The van der Waals surface area contributed by atoms with Gasteiger partial charge in [-0.2, -0.15) is 0 Å². The Balaban J connectivity index is 2.31. The van der Waals surface area contributed by atoms with Crippen LogP contribution in [-0.2, 0) is 0 Å². The molecule has 0 N–H and O–H groups in total. The first-order valence-electron chi connectivity index (χ1n) is 6.78. The van der Waals surface area contributed by atoms with Crippen LogP contribution in [-0.4, -0.2) is 23.8 Å². The normalized spacial score (nSPS) is 14.5. The predicted octanol–water partition coefficient (Wildman–Crippen LogP) is 3.43. The van der Waals surface area contributed by atoms with Crippen LogP contribution in [0.1, 0.15) is 32.0 Å². The molecule has 3 aromatic rings. The highest BCUT2D eigenvalue weighted by Crippen LogP contribution is 2.37. The highest BCUT2D eigenvalue weighted by Gasteiger charge is 2.31. The smallest absolute Gasteiger partial charge is 0.261 e. The first-order chi connectivity index (χ1) is 10.0. The van der Waals surface area contributed by atoms with Crippen molar-refractivity contribution in [2.75, 3.05) is 7.05 Å². The minimum atomic E-state index is -0.266. The van der Waals surface area contributed by atoms with Gasteiger partial charge in [0.1, 0.15) is 11.3 Å². The second-order valence-corrected chi connectivity index (χ2v) is 5.48. The molecule has 0 fully saturated rings. The Kier molecular flexibility index (Phi) is 2.15. The van der Waals surface area contributed by atoms with Gasteiger partial charge in [-0.25, -0.2) is 0 Å². The SMILES string of the molecule is Cc1oc2c(cc3c4c(cccc42)C(=O)N(C)C3=O)c1C. The van der Waals surface area contributed by atoms with E-state index in [1.165, 1.54) is 11.9 Å². The van der Waals surface area contributed by atoms with Crippen molar-refractivity contribution in [3.63, 3.8) is 0 Å². The van der Waals surface area contributed by atoms with Crippen LogP contribution in [0.25, 0.3) is 21.7 Å². The van der Waals surface area contributed by atoms with Crippen molar-refractivity contribution in [1.29, 1.82) is 0 Å². The average molecular weight is 279 g/mol. The first-order valence-corrected chi connectivity index (χ1v) is 6.78. The summed E-state index contributed by atoms with van der Waals surface area (Å²) in [5.41, 5.74) is 2.90. The molecule has 4 nitrogen and oxygen atoms in total. The number of aryl methyl sites for hydroxylation is 2. The molecule has 2 aromatic carbocycles. The molecule has 4 heteroatoms. The van der Waals surface area contributed by atoms with Gasteiger partial charge >= 0.3 is 0 Å². The maximum Gasteiger partial charge on any atom is 0.261 e. The summed E-state index contributed by atoms with van der Waals surface area (Å²) >= 11 is 0. The Bertz CT molecular complexity index is 965. The lowest BCUT2D eigenvalue weighted by Crippen LogP contribution is -2.36. The fraction of sp³-hybridized carbons (Fsp3) is 0.176. The second kappa shape index (κ2) is 3.73. The van der Waals surface area contributed by atoms with Crippen LogP contribution in [0.3, 0.4) is 0 Å². The van der Waals surface area contributed by atoms with Crippen LogP contribution in [0.4, 0.5) is 0 Å². The van der Waals surface area contributed by atoms with E-state index in [0.29, 0.717) is 16.5 Å². The number of benzene rings is 2. The van der Waals surface area contributed by atoms with Crippen LogP contribution in [0.15, 0.2) is 28.7 Å². The fourth-order valence-corrected chi connectivity index (χ4v) is 3.07. The minimum Gasteiger partial charge on any atom is -0.460 e. The molecule has 0 saturated heterocycles. The average Bonchev–Trinajstić information content (AvgIpc) is 2.78. The van der Waals surface area contributed by atoms with Gasteiger partial charge in [0.25, 0.3) is 11.8 Å². The van der Waals surface area contributed by atoms with Crippen LogP contribution in [0, 0.1) is 13.8 Å². The number of carbonyl (C=O) groups excluding carboxylic acids is 2. The third-order valence-corrected chi connectivity index (χ3v) is 4.37. The second-order valence-electron chi connectivity index (χ2n) is 5.48. The Morgan fingerprint density at radius 3 is 2.48 bits per heavy atom. The van der Waals surface area contributed by atoms with Gasteiger partial charge in [-0.05, 0) is 31.5 Å². The molecule has 104 valence electrons. The van der Waals surface area contributed by atoms with Gasteiger partial charge < -0.3 is 4.42 Å². The topological polar surface area (TPSA) is 50.5 Å². The Hall–Kier alpha value is -2.62. The van der Waals surface area contributed by atoms with Crippen molar-refractivity contribution >= 4 is 33.6 Å². The molecule has 21 heavy (non-hydrogen) atoms. The van der Waals surface area contributed by atoms with E-state index < -0.39 is 0 Å². The summed E-state index contributed by atoms with van der Waals surface area (Å²) in [6, 6.07) is 7.33. The molecule has 1 aromatic heterocycles. The number of amides is 2. The molecule has 4 rings (SSSR count). The molecule has 1 aliphatic rings. The van der Waals surface area contributed by atoms with Crippen molar-refractivity contribution in [3.8, 4) is 0 Å². The van der Waals surface area contributed by atoms with Crippen molar-refractivity contribution in [2.45, 2.75) is 13.8 Å². The zero-order valence-corrected chi connectivity index (χ0v) is 12.0. The van der Waals surface area contributed by atoms with E-state index >= 15 is 0 Å². The van der Waals surface area contributed by atoms with E-state index in [4.69, 9.17) is 4.42 Å². The summed E-state index contributed by atoms with van der Waals surface area (Å²) < 4.78 is 5.85. The third kappa shape index (κ3) is 1.34. The summed E-state index contributed by atoms with van der Waals surface area (Å²) in [7, 11) is 1.52. The van der Waals surface area contributed by atoms with E-state index in [2.05, 4.69) is 0 Å². The lowest BCUT2D eigenvalue weighted by molar-refractivity contribution is 0.0651. The quantitative estimate of drug-likeness (QED) is 0.592. The largest absolute Gasteiger partial charge is 0.460 e. The van der Waals surface area contributed by atoms with E-state index in [0.717, 1.165) is 27.7 Å². The number of carbonyl (C=O) groups is 2. The Morgan fingerprint density at radius 1 is 1.00 bits per heavy atom. The highest BCUT2D eigenvalue weighted by atomic mass is 16.3.